The third-order valence-corrected chi connectivity index (χ3v) is 4.00. The lowest BCUT2D eigenvalue weighted by molar-refractivity contribution is -0.120. The zero-order valence-electron chi connectivity index (χ0n) is 13.2. The highest BCUT2D eigenvalue weighted by atomic mass is 19.1. The molecule has 2 aromatic rings. The molecule has 6 nitrogen and oxygen atoms in total. The van der Waals surface area contributed by atoms with Crippen LogP contribution >= 0.6 is 0 Å². The molecule has 4 N–H and O–H groups in total. The van der Waals surface area contributed by atoms with E-state index >= 15 is 0 Å². The lowest BCUT2D eigenvalue weighted by atomic mass is 9.93. The fourth-order valence-corrected chi connectivity index (χ4v) is 2.82. The van der Waals surface area contributed by atoms with Crippen LogP contribution in [0.1, 0.15) is 11.5 Å². The van der Waals surface area contributed by atoms with Crippen molar-refractivity contribution < 1.29 is 27.9 Å². The van der Waals surface area contributed by atoms with Crippen molar-refractivity contribution in [2.45, 2.75) is 12.0 Å². The number of carbonyl (C=O) groups excluding carboxylic acids is 2. The third kappa shape index (κ3) is 3.56. The zero-order valence-corrected chi connectivity index (χ0v) is 13.2. The van der Waals surface area contributed by atoms with E-state index in [2.05, 4.69) is 16.0 Å². The van der Waals surface area contributed by atoms with Crippen LogP contribution in [-0.4, -0.2) is 29.6 Å². The Balaban J connectivity index is 1.78. The summed E-state index contributed by atoms with van der Waals surface area (Å²) >= 11 is 0. The fourth-order valence-electron chi connectivity index (χ4n) is 2.82. The van der Waals surface area contributed by atoms with Crippen molar-refractivity contribution in [2.24, 2.45) is 0 Å². The smallest absolute Gasteiger partial charge is 0.319 e. The summed E-state index contributed by atoms with van der Waals surface area (Å²) in [5.74, 6) is -4.70. The van der Waals surface area contributed by atoms with Crippen molar-refractivity contribution >= 4 is 17.6 Å². The maximum atomic E-state index is 14.1. The first-order valence-corrected chi connectivity index (χ1v) is 7.64. The molecule has 1 aliphatic rings. The number of phenols is 1. The van der Waals surface area contributed by atoms with Crippen molar-refractivity contribution in [3.63, 3.8) is 0 Å². The van der Waals surface area contributed by atoms with Crippen LogP contribution in [0.15, 0.2) is 36.4 Å². The molecule has 2 atom stereocenters. The predicted octanol–water partition coefficient (Wildman–Crippen LogP) is 2.21. The Morgan fingerprint density at radius 1 is 1.12 bits per heavy atom. The van der Waals surface area contributed by atoms with Crippen LogP contribution in [0.3, 0.4) is 0 Å². The average molecular weight is 365 g/mol. The van der Waals surface area contributed by atoms with E-state index in [0.29, 0.717) is 0 Å². The van der Waals surface area contributed by atoms with E-state index in [-0.39, 0.29) is 12.2 Å². The van der Waals surface area contributed by atoms with E-state index in [1.807, 2.05) is 0 Å². The number of benzene rings is 2. The Hall–Kier alpha value is -3.23. The lowest BCUT2D eigenvalue weighted by Crippen LogP contribution is -2.45. The second kappa shape index (κ2) is 6.95. The van der Waals surface area contributed by atoms with E-state index in [1.165, 1.54) is 12.1 Å². The number of hydrogen-bond acceptors (Lipinski definition) is 3. The SMILES string of the molecule is O=C(Nc1ccc(F)cc1)N[C@@H]1C(=O)NC[C@H]1c1c(F)cc(O)cc1F. The Kier molecular flexibility index (Phi) is 4.70. The molecule has 26 heavy (non-hydrogen) atoms. The molecule has 1 heterocycles. The molecule has 136 valence electrons. The van der Waals surface area contributed by atoms with Gasteiger partial charge in [-0.15, -0.1) is 0 Å². The molecule has 9 heteroatoms. The van der Waals surface area contributed by atoms with Gasteiger partial charge in [-0.05, 0) is 24.3 Å². The monoisotopic (exact) mass is 365 g/mol. The van der Waals surface area contributed by atoms with E-state index in [0.717, 1.165) is 24.3 Å². The van der Waals surface area contributed by atoms with Crippen LogP contribution in [0.4, 0.5) is 23.7 Å². The summed E-state index contributed by atoms with van der Waals surface area (Å²) < 4.78 is 41.0. The van der Waals surface area contributed by atoms with Crippen LogP contribution in [0.5, 0.6) is 5.75 Å². The summed E-state index contributed by atoms with van der Waals surface area (Å²) in [5, 5.41) is 16.4. The van der Waals surface area contributed by atoms with Crippen molar-refractivity contribution in [3.8, 4) is 5.75 Å². The van der Waals surface area contributed by atoms with Gasteiger partial charge in [0.15, 0.2) is 0 Å². The van der Waals surface area contributed by atoms with Crippen LogP contribution in [0, 0.1) is 17.5 Å². The first-order chi connectivity index (χ1) is 12.3. The van der Waals surface area contributed by atoms with Crippen molar-refractivity contribution in [1.82, 2.24) is 10.6 Å². The summed E-state index contributed by atoms with van der Waals surface area (Å²) in [4.78, 5) is 24.1. The van der Waals surface area contributed by atoms with Gasteiger partial charge in [0.1, 0.15) is 29.2 Å². The Morgan fingerprint density at radius 3 is 2.35 bits per heavy atom. The number of carbonyl (C=O) groups is 2. The van der Waals surface area contributed by atoms with Crippen LogP contribution in [0.2, 0.25) is 0 Å². The maximum Gasteiger partial charge on any atom is 0.319 e. The first kappa shape index (κ1) is 17.6. The highest BCUT2D eigenvalue weighted by Crippen LogP contribution is 2.31. The second-order valence-electron chi connectivity index (χ2n) is 5.76. The highest BCUT2D eigenvalue weighted by Gasteiger charge is 2.39. The molecule has 0 aliphatic carbocycles. The minimum absolute atomic E-state index is 0.0844. The summed E-state index contributed by atoms with van der Waals surface area (Å²) in [6, 6.07) is 4.38. The van der Waals surface area contributed by atoms with Crippen molar-refractivity contribution in [1.29, 1.82) is 0 Å². The molecule has 1 saturated heterocycles. The molecule has 1 aliphatic heterocycles. The number of rotatable bonds is 3. The van der Waals surface area contributed by atoms with E-state index < -0.39 is 52.7 Å². The molecule has 3 rings (SSSR count). The maximum absolute atomic E-state index is 14.1. The molecule has 1 fully saturated rings. The molecule has 0 unspecified atom stereocenters. The molecule has 2 aromatic carbocycles. The topological polar surface area (TPSA) is 90.5 Å². The van der Waals surface area contributed by atoms with E-state index in [4.69, 9.17) is 0 Å². The lowest BCUT2D eigenvalue weighted by Gasteiger charge is -2.20. The van der Waals surface area contributed by atoms with Gasteiger partial charge in [0.05, 0.1) is 0 Å². The van der Waals surface area contributed by atoms with Gasteiger partial charge in [-0.1, -0.05) is 0 Å². The minimum atomic E-state index is -1.22. The number of halogens is 3. The van der Waals surface area contributed by atoms with Crippen LogP contribution in [0.25, 0.3) is 0 Å². The number of aromatic hydroxyl groups is 1. The molecule has 0 spiro atoms. The standard InChI is InChI=1S/C17H14F3N3O3/c18-8-1-3-9(4-2-8)22-17(26)23-15-11(7-21-16(15)25)14-12(19)5-10(24)6-13(14)20/h1-6,11,15,24H,7H2,(H,21,25)(H2,22,23,26)/t11-,15-/m0/s1. The van der Waals surface area contributed by atoms with Gasteiger partial charge < -0.3 is 21.1 Å². The summed E-state index contributed by atoms with van der Waals surface area (Å²) in [7, 11) is 0. The third-order valence-electron chi connectivity index (χ3n) is 4.00. The number of urea groups is 1. The van der Waals surface area contributed by atoms with Gasteiger partial charge in [0.25, 0.3) is 0 Å². The van der Waals surface area contributed by atoms with Gasteiger partial charge in [0, 0.05) is 35.8 Å². The zero-order chi connectivity index (χ0) is 18.8. The average Bonchev–Trinajstić information content (AvgIpc) is 2.90. The minimum Gasteiger partial charge on any atom is -0.508 e. The molecule has 0 radical (unpaired) electrons. The normalized spacial score (nSPS) is 19.1. The quantitative estimate of drug-likeness (QED) is 0.672. The van der Waals surface area contributed by atoms with Crippen LogP contribution < -0.4 is 16.0 Å². The first-order valence-electron chi connectivity index (χ1n) is 7.64. The van der Waals surface area contributed by atoms with Gasteiger partial charge in [-0.3, -0.25) is 4.79 Å². The van der Waals surface area contributed by atoms with Gasteiger partial charge >= 0.3 is 6.03 Å². The highest BCUT2D eigenvalue weighted by molar-refractivity contribution is 5.95. The molecule has 0 bridgehead atoms. The molecule has 3 amide bonds. The van der Waals surface area contributed by atoms with E-state index in [9.17, 15) is 27.9 Å². The van der Waals surface area contributed by atoms with Crippen molar-refractivity contribution in [2.75, 3.05) is 11.9 Å². The summed E-state index contributed by atoms with van der Waals surface area (Å²) in [6.45, 7) is -0.0844. The number of hydrogen-bond donors (Lipinski definition) is 4. The molecule has 0 aromatic heterocycles. The molecule has 0 saturated carbocycles. The molecular weight excluding hydrogens is 351 g/mol. The number of nitrogens with one attached hydrogen (secondary N) is 3. The fraction of sp³-hybridized carbons (Fsp3) is 0.176. The molecular formula is C17H14F3N3O3. The number of phenolic OH excluding ortho intramolecular Hbond substituents is 1. The summed E-state index contributed by atoms with van der Waals surface area (Å²) in [5.41, 5.74) is -0.130. The summed E-state index contributed by atoms with van der Waals surface area (Å²) in [6.07, 6.45) is 0. The second-order valence-corrected chi connectivity index (χ2v) is 5.76. The Bertz CT molecular complexity index is 835. The largest absolute Gasteiger partial charge is 0.508 e. The van der Waals surface area contributed by atoms with E-state index in [1.54, 1.807) is 0 Å². The number of anilines is 1. The predicted molar refractivity (Wildman–Crippen MR) is 86.1 cm³/mol. The van der Waals surface area contributed by atoms with Gasteiger partial charge in [-0.25, -0.2) is 18.0 Å². The van der Waals surface area contributed by atoms with Gasteiger partial charge in [-0.2, -0.15) is 0 Å². The van der Waals surface area contributed by atoms with Gasteiger partial charge in [0.2, 0.25) is 5.91 Å². The Morgan fingerprint density at radius 2 is 1.73 bits per heavy atom. The van der Waals surface area contributed by atoms with Crippen molar-refractivity contribution in [3.05, 3.63) is 59.4 Å². The Labute approximate surface area is 146 Å². The number of amides is 3. The van der Waals surface area contributed by atoms with Crippen LogP contribution in [-0.2, 0) is 4.79 Å².